The van der Waals surface area contributed by atoms with Gasteiger partial charge in [-0.25, -0.2) is 4.79 Å². The number of rotatable bonds is 1. The number of carbonyl (C=O) groups excluding carboxylic acids is 1. The maximum absolute atomic E-state index is 11.9. The highest BCUT2D eigenvalue weighted by atomic mass is 32.2. The number of para-hydroxylation sites is 2. The zero-order chi connectivity index (χ0) is 11.0. The molecule has 0 unspecified atom stereocenters. The second-order valence-electron chi connectivity index (χ2n) is 4.10. The van der Waals surface area contributed by atoms with Crippen LogP contribution in [0.1, 0.15) is 12.8 Å². The van der Waals surface area contributed by atoms with E-state index < -0.39 is 0 Å². The van der Waals surface area contributed by atoms with Gasteiger partial charge >= 0.3 is 6.03 Å². The highest BCUT2D eigenvalue weighted by Gasteiger charge is 2.34. The van der Waals surface area contributed by atoms with Crippen molar-refractivity contribution in [3.8, 4) is 0 Å². The second kappa shape index (κ2) is 4.01. The normalized spacial score (nSPS) is 20.8. The fourth-order valence-corrected chi connectivity index (χ4v) is 3.40. The first kappa shape index (κ1) is 10.0. The molecule has 0 aromatic heterocycles. The number of fused-ring (bicyclic) bond motifs is 1. The Hall–Kier alpha value is -1.16. The summed E-state index contributed by atoms with van der Waals surface area (Å²) in [6, 6.07) is 8.06. The average Bonchev–Trinajstić information content (AvgIpc) is 2.66. The van der Waals surface area contributed by atoms with Crippen LogP contribution in [-0.4, -0.2) is 23.6 Å². The van der Waals surface area contributed by atoms with Crippen molar-refractivity contribution in [3.05, 3.63) is 24.3 Å². The molecule has 0 aliphatic carbocycles. The van der Waals surface area contributed by atoms with Gasteiger partial charge in [0.1, 0.15) is 0 Å². The van der Waals surface area contributed by atoms with E-state index in [1.54, 1.807) is 0 Å². The molecule has 3 nitrogen and oxygen atoms in total. The van der Waals surface area contributed by atoms with E-state index in [-0.39, 0.29) is 6.03 Å². The van der Waals surface area contributed by atoms with Gasteiger partial charge < -0.3 is 0 Å². The van der Waals surface area contributed by atoms with Gasteiger partial charge in [-0.05, 0) is 36.5 Å². The molecule has 0 atom stereocenters. The van der Waals surface area contributed by atoms with E-state index in [4.69, 9.17) is 0 Å². The topological polar surface area (TPSA) is 34.4 Å². The van der Waals surface area contributed by atoms with Crippen LogP contribution in [0.15, 0.2) is 24.3 Å². The summed E-state index contributed by atoms with van der Waals surface area (Å²) in [7, 11) is 0. The van der Waals surface area contributed by atoms with E-state index in [1.807, 2.05) is 40.9 Å². The summed E-state index contributed by atoms with van der Waals surface area (Å²) < 4.78 is 0. The lowest BCUT2D eigenvalue weighted by Gasteiger charge is -2.29. The van der Waals surface area contributed by atoms with Crippen LogP contribution in [0.4, 0.5) is 16.2 Å². The molecule has 83 valence electrons. The van der Waals surface area contributed by atoms with Crippen molar-refractivity contribution in [2.75, 3.05) is 16.4 Å². The van der Waals surface area contributed by atoms with Gasteiger partial charge in [0.15, 0.2) is 0 Å². The molecule has 1 aromatic carbocycles. The number of carbonyl (C=O) groups is 1. The van der Waals surface area contributed by atoms with Crippen LogP contribution in [-0.2, 0) is 0 Å². The van der Waals surface area contributed by atoms with Crippen LogP contribution < -0.4 is 10.2 Å². The minimum Gasteiger partial charge on any atom is -0.287 e. The molecule has 0 N–H and O–H groups in total. The van der Waals surface area contributed by atoms with Crippen molar-refractivity contribution in [2.45, 2.75) is 18.9 Å². The summed E-state index contributed by atoms with van der Waals surface area (Å²) in [5.41, 5.74) is 1.81. The maximum atomic E-state index is 11.9. The zero-order valence-electron chi connectivity index (χ0n) is 8.93. The van der Waals surface area contributed by atoms with Gasteiger partial charge in [-0.1, -0.05) is 12.1 Å². The third kappa shape index (κ3) is 1.57. The Balaban J connectivity index is 1.92. The Morgan fingerprint density at radius 2 is 2.00 bits per heavy atom. The molecule has 0 spiro atoms. The molecule has 4 heteroatoms. The van der Waals surface area contributed by atoms with E-state index in [2.05, 4.69) is 5.32 Å². The molecule has 2 heterocycles. The third-order valence-corrected chi connectivity index (χ3v) is 4.17. The molecule has 2 aliphatic rings. The minimum atomic E-state index is -0.0851. The Bertz CT molecular complexity index is 415. The first-order chi connectivity index (χ1) is 7.86. The Morgan fingerprint density at radius 1 is 1.25 bits per heavy atom. The molecule has 1 fully saturated rings. The molecular formula is C12H13N2OS. The predicted molar refractivity (Wildman–Crippen MR) is 66.5 cm³/mol. The Morgan fingerprint density at radius 3 is 2.81 bits per heavy atom. The molecule has 3 rings (SSSR count). The smallest absolute Gasteiger partial charge is 0.287 e. The molecule has 1 aromatic rings. The molecule has 1 radical (unpaired) electrons. The quantitative estimate of drug-likeness (QED) is 0.747. The summed E-state index contributed by atoms with van der Waals surface area (Å²) in [5.74, 6) is 2.30. The first-order valence-electron chi connectivity index (χ1n) is 5.58. The van der Waals surface area contributed by atoms with Crippen LogP contribution in [0.3, 0.4) is 0 Å². The van der Waals surface area contributed by atoms with Gasteiger partial charge in [-0.15, -0.1) is 0 Å². The lowest BCUT2D eigenvalue weighted by atomic mass is 10.1. The van der Waals surface area contributed by atoms with Crippen LogP contribution in [0.2, 0.25) is 0 Å². The lowest BCUT2D eigenvalue weighted by molar-refractivity contribution is 0.248. The number of thioether (sulfide) groups is 1. The SMILES string of the molecule is O=C1[N]c2ccccc2N1C1CCSCC1. The molecule has 16 heavy (non-hydrogen) atoms. The number of amides is 2. The van der Waals surface area contributed by atoms with Gasteiger partial charge in [0.2, 0.25) is 0 Å². The van der Waals surface area contributed by atoms with Gasteiger partial charge in [0, 0.05) is 6.04 Å². The van der Waals surface area contributed by atoms with E-state index >= 15 is 0 Å². The summed E-state index contributed by atoms with van der Waals surface area (Å²) >= 11 is 1.97. The standard InChI is InChI=1S/C12H13N2OS/c15-12-13-10-3-1-2-4-11(10)14(12)9-5-7-16-8-6-9/h1-4,9H,5-8H2. The molecular weight excluding hydrogens is 220 g/mol. The number of hydrogen-bond donors (Lipinski definition) is 0. The number of nitrogens with zero attached hydrogens (tertiary/aromatic N) is 2. The summed E-state index contributed by atoms with van der Waals surface area (Å²) in [5, 5.41) is 4.09. The van der Waals surface area contributed by atoms with Crippen molar-refractivity contribution >= 4 is 29.2 Å². The van der Waals surface area contributed by atoms with E-state index in [1.165, 1.54) is 0 Å². The van der Waals surface area contributed by atoms with E-state index in [9.17, 15) is 4.79 Å². The Kier molecular flexibility index (Phi) is 2.52. The average molecular weight is 233 g/mol. The van der Waals surface area contributed by atoms with Crippen molar-refractivity contribution in [2.24, 2.45) is 0 Å². The predicted octanol–water partition coefficient (Wildman–Crippen LogP) is 2.76. The van der Waals surface area contributed by atoms with Crippen LogP contribution >= 0.6 is 11.8 Å². The van der Waals surface area contributed by atoms with Crippen LogP contribution in [0.5, 0.6) is 0 Å². The fourth-order valence-electron chi connectivity index (χ4n) is 2.32. The first-order valence-corrected chi connectivity index (χ1v) is 6.73. The van der Waals surface area contributed by atoms with Gasteiger partial charge in [-0.3, -0.25) is 4.90 Å². The number of benzene rings is 1. The van der Waals surface area contributed by atoms with Crippen LogP contribution in [0.25, 0.3) is 0 Å². The lowest BCUT2D eigenvalue weighted by Crippen LogP contribution is -2.40. The van der Waals surface area contributed by atoms with E-state index in [0.29, 0.717) is 6.04 Å². The highest BCUT2D eigenvalue weighted by molar-refractivity contribution is 7.99. The monoisotopic (exact) mass is 233 g/mol. The Labute approximate surface area is 99.2 Å². The van der Waals surface area contributed by atoms with E-state index in [0.717, 1.165) is 35.7 Å². The van der Waals surface area contributed by atoms with Crippen molar-refractivity contribution in [1.29, 1.82) is 0 Å². The largest absolute Gasteiger partial charge is 0.348 e. The summed E-state index contributed by atoms with van der Waals surface area (Å²) in [4.78, 5) is 13.8. The summed E-state index contributed by atoms with van der Waals surface area (Å²) in [6.45, 7) is 0. The van der Waals surface area contributed by atoms with Crippen molar-refractivity contribution in [1.82, 2.24) is 5.32 Å². The number of anilines is 1. The third-order valence-electron chi connectivity index (χ3n) is 3.12. The number of hydrogen-bond acceptors (Lipinski definition) is 2. The van der Waals surface area contributed by atoms with Gasteiger partial charge in [0.25, 0.3) is 0 Å². The molecule has 2 aliphatic heterocycles. The summed E-state index contributed by atoms with van der Waals surface area (Å²) in [6.07, 6.45) is 2.17. The molecule has 0 saturated carbocycles. The molecule has 1 saturated heterocycles. The molecule has 0 bridgehead atoms. The van der Waals surface area contributed by atoms with Gasteiger partial charge in [-0.2, -0.15) is 17.1 Å². The van der Waals surface area contributed by atoms with Crippen molar-refractivity contribution in [3.63, 3.8) is 0 Å². The minimum absolute atomic E-state index is 0.0851. The zero-order valence-corrected chi connectivity index (χ0v) is 9.74. The van der Waals surface area contributed by atoms with Crippen LogP contribution in [0, 0.1) is 0 Å². The maximum Gasteiger partial charge on any atom is 0.348 e. The van der Waals surface area contributed by atoms with Gasteiger partial charge in [0.05, 0.1) is 11.4 Å². The second-order valence-corrected chi connectivity index (χ2v) is 5.32. The fraction of sp³-hybridized carbons (Fsp3) is 0.417. The van der Waals surface area contributed by atoms with Crippen molar-refractivity contribution < 1.29 is 4.79 Å². The highest BCUT2D eigenvalue weighted by Crippen LogP contribution is 2.36. The molecule has 2 amide bonds. The number of urea groups is 1.